The van der Waals surface area contributed by atoms with Gasteiger partial charge in [0.2, 0.25) is 0 Å². The van der Waals surface area contributed by atoms with Crippen molar-refractivity contribution < 1.29 is 9.47 Å². The van der Waals surface area contributed by atoms with E-state index in [9.17, 15) is 0 Å². The molecule has 180 valence electrons. The Kier molecular flexibility index (Phi) is 10.6. The van der Waals surface area contributed by atoms with Crippen LogP contribution in [-0.2, 0) is 11.3 Å². The van der Waals surface area contributed by atoms with Crippen LogP contribution in [0.5, 0.6) is 5.75 Å². The van der Waals surface area contributed by atoms with E-state index in [0.29, 0.717) is 12.5 Å². The van der Waals surface area contributed by atoms with Gasteiger partial charge in [-0.1, -0.05) is 19.1 Å². The van der Waals surface area contributed by atoms with Crippen LogP contribution >= 0.6 is 0 Å². The van der Waals surface area contributed by atoms with Crippen LogP contribution in [0.2, 0.25) is 0 Å². The number of nitrogens with zero attached hydrogens (tertiary/aromatic N) is 3. The quantitative estimate of drug-likeness (QED) is 0.310. The van der Waals surface area contributed by atoms with E-state index < -0.39 is 0 Å². The van der Waals surface area contributed by atoms with Gasteiger partial charge in [0, 0.05) is 64.4 Å². The van der Waals surface area contributed by atoms with E-state index in [-0.39, 0.29) is 0 Å². The number of nitrogens with one attached hydrogen (secondary N) is 2. The van der Waals surface area contributed by atoms with Crippen molar-refractivity contribution in [3.63, 3.8) is 0 Å². The smallest absolute Gasteiger partial charge is 0.191 e. The second kappa shape index (κ2) is 13.7. The lowest BCUT2D eigenvalue weighted by Gasteiger charge is -2.34. The minimum atomic E-state index is 0.501. The number of hydrogen-bond acceptors (Lipinski definition) is 5. The van der Waals surface area contributed by atoms with Crippen LogP contribution in [0.3, 0.4) is 0 Å². The van der Waals surface area contributed by atoms with E-state index in [1.54, 1.807) is 0 Å². The fraction of sp³-hybridized carbons (Fsp3) is 0.720. The molecule has 32 heavy (non-hydrogen) atoms. The van der Waals surface area contributed by atoms with Crippen LogP contribution in [0.4, 0.5) is 0 Å². The summed E-state index contributed by atoms with van der Waals surface area (Å²) in [5.74, 6) is 2.31. The summed E-state index contributed by atoms with van der Waals surface area (Å²) in [6.45, 7) is 15.6. The number of ether oxygens (including phenoxy) is 2. The lowest BCUT2D eigenvalue weighted by atomic mass is 10.1. The zero-order valence-corrected chi connectivity index (χ0v) is 20.4. The first-order valence-electron chi connectivity index (χ1n) is 12.4. The third-order valence-electron chi connectivity index (χ3n) is 6.50. The van der Waals surface area contributed by atoms with Crippen molar-refractivity contribution in [1.82, 2.24) is 20.4 Å². The molecular formula is C25H43N5O2. The average molecular weight is 446 g/mol. The average Bonchev–Trinajstić information content (AvgIpc) is 3.34. The maximum absolute atomic E-state index is 6.16. The summed E-state index contributed by atoms with van der Waals surface area (Å²) >= 11 is 0. The summed E-state index contributed by atoms with van der Waals surface area (Å²) in [5.41, 5.74) is 2.37. The van der Waals surface area contributed by atoms with Gasteiger partial charge in [-0.25, -0.2) is 0 Å². The summed E-state index contributed by atoms with van der Waals surface area (Å²) in [4.78, 5) is 9.51. The Morgan fingerprint density at radius 2 is 1.97 bits per heavy atom. The minimum absolute atomic E-state index is 0.501. The first kappa shape index (κ1) is 24.8. The van der Waals surface area contributed by atoms with E-state index in [0.717, 1.165) is 56.5 Å². The molecule has 0 spiro atoms. The molecule has 0 saturated carbocycles. The lowest BCUT2D eigenvalue weighted by molar-refractivity contribution is 0.136. The van der Waals surface area contributed by atoms with Crippen LogP contribution in [-0.4, -0.2) is 88.4 Å². The Morgan fingerprint density at radius 3 is 2.69 bits per heavy atom. The van der Waals surface area contributed by atoms with Gasteiger partial charge in [0.25, 0.3) is 0 Å². The third kappa shape index (κ3) is 8.26. The summed E-state index contributed by atoms with van der Waals surface area (Å²) in [6.07, 6.45) is 3.46. The number of guanidine groups is 1. The molecule has 0 aliphatic carbocycles. The molecule has 1 unspecified atom stereocenters. The first-order chi connectivity index (χ1) is 15.7. The predicted octanol–water partition coefficient (Wildman–Crippen LogP) is 2.49. The van der Waals surface area contributed by atoms with Crippen LogP contribution in [0.1, 0.15) is 37.3 Å². The first-order valence-corrected chi connectivity index (χ1v) is 12.4. The minimum Gasteiger partial charge on any atom is -0.493 e. The molecule has 0 amide bonds. The van der Waals surface area contributed by atoms with Crippen LogP contribution in [0.25, 0.3) is 0 Å². The van der Waals surface area contributed by atoms with Crippen molar-refractivity contribution in [2.45, 2.75) is 39.7 Å². The van der Waals surface area contributed by atoms with Crippen molar-refractivity contribution in [2.24, 2.45) is 10.9 Å². The molecule has 2 N–H and O–H groups in total. The number of hydrogen-bond donors (Lipinski definition) is 2. The molecule has 7 nitrogen and oxygen atoms in total. The lowest BCUT2D eigenvalue weighted by Crippen LogP contribution is -2.46. The molecule has 1 atom stereocenters. The van der Waals surface area contributed by atoms with Gasteiger partial charge in [-0.15, -0.1) is 0 Å². The number of likely N-dealkylation sites (N-methyl/N-ethyl adjacent to an activating group) is 1. The van der Waals surface area contributed by atoms with Gasteiger partial charge in [0.05, 0.1) is 13.2 Å². The molecule has 1 aromatic carbocycles. The van der Waals surface area contributed by atoms with E-state index >= 15 is 0 Å². The fourth-order valence-corrected chi connectivity index (χ4v) is 4.26. The normalized spacial score (nSPS) is 20.5. The molecule has 3 rings (SSSR count). The molecule has 2 aliphatic heterocycles. The van der Waals surface area contributed by atoms with Gasteiger partial charge >= 0.3 is 0 Å². The maximum atomic E-state index is 6.16. The number of aliphatic imine (C=N–C) groups is 1. The van der Waals surface area contributed by atoms with Crippen molar-refractivity contribution in [3.8, 4) is 5.75 Å². The Hall–Kier alpha value is -1.83. The molecule has 7 heteroatoms. The van der Waals surface area contributed by atoms with Gasteiger partial charge in [-0.05, 0) is 50.9 Å². The molecule has 1 aromatic rings. The van der Waals surface area contributed by atoms with Gasteiger partial charge in [-0.2, -0.15) is 0 Å². The molecule has 2 saturated heterocycles. The second-order valence-electron chi connectivity index (χ2n) is 8.99. The Labute approximate surface area is 194 Å². The second-order valence-corrected chi connectivity index (χ2v) is 8.99. The molecule has 0 bridgehead atoms. The number of benzene rings is 1. The predicted molar refractivity (Wildman–Crippen MR) is 132 cm³/mol. The topological polar surface area (TPSA) is 61.4 Å². The van der Waals surface area contributed by atoms with E-state index in [2.05, 4.69) is 57.5 Å². The van der Waals surface area contributed by atoms with Crippen LogP contribution in [0, 0.1) is 12.8 Å². The third-order valence-corrected chi connectivity index (χ3v) is 6.50. The van der Waals surface area contributed by atoms with E-state index in [1.165, 1.54) is 51.3 Å². The highest BCUT2D eigenvalue weighted by Crippen LogP contribution is 2.22. The maximum Gasteiger partial charge on any atom is 0.191 e. The Bertz CT molecular complexity index is 698. The molecule has 0 aromatic heterocycles. The Morgan fingerprint density at radius 1 is 1.16 bits per heavy atom. The van der Waals surface area contributed by atoms with Gasteiger partial charge in [-0.3, -0.25) is 4.99 Å². The highest BCUT2D eigenvalue weighted by molar-refractivity contribution is 5.79. The number of rotatable bonds is 11. The monoisotopic (exact) mass is 445 g/mol. The van der Waals surface area contributed by atoms with Crippen molar-refractivity contribution in [1.29, 1.82) is 0 Å². The van der Waals surface area contributed by atoms with Crippen molar-refractivity contribution >= 4 is 5.96 Å². The van der Waals surface area contributed by atoms with Crippen molar-refractivity contribution in [3.05, 3.63) is 29.3 Å². The summed E-state index contributed by atoms with van der Waals surface area (Å²) in [5, 5.41) is 6.90. The number of piperazine rings is 1. The van der Waals surface area contributed by atoms with Crippen LogP contribution < -0.4 is 15.4 Å². The molecule has 0 radical (unpaired) electrons. The Balaban J connectivity index is 1.35. The number of aryl methyl sites for hydroxylation is 1. The summed E-state index contributed by atoms with van der Waals surface area (Å²) < 4.78 is 11.6. The standard InChI is InChI=1S/C25H43N5O2/c1-4-29-12-14-30(15-13-29)11-6-5-10-27-25(26-3)28-18-23-8-7-21(2)17-24(23)32-20-22-9-16-31-19-22/h7-8,17,22H,4-6,9-16,18-20H2,1-3H3,(H2,26,27,28). The molecule has 2 aliphatic rings. The molecule has 2 heterocycles. The summed E-state index contributed by atoms with van der Waals surface area (Å²) in [6, 6.07) is 6.41. The highest BCUT2D eigenvalue weighted by atomic mass is 16.5. The zero-order valence-electron chi connectivity index (χ0n) is 20.4. The number of unbranched alkanes of at least 4 members (excludes halogenated alkanes) is 1. The van der Waals surface area contributed by atoms with Gasteiger partial charge in [0.15, 0.2) is 5.96 Å². The van der Waals surface area contributed by atoms with Crippen molar-refractivity contribution in [2.75, 3.05) is 72.7 Å². The van der Waals surface area contributed by atoms with Crippen LogP contribution in [0.15, 0.2) is 23.2 Å². The summed E-state index contributed by atoms with van der Waals surface area (Å²) in [7, 11) is 1.83. The van der Waals surface area contributed by atoms with E-state index in [1.807, 2.05) is 7.05 Å². The largest absolute Gasteiger partial charge is 0.493 e. The zero-order chi connectivity index (χ0) is 22.6. The highest BCUT2D eigenvalue weighted by Gasteiger charge is 2.17. The van der Waals surface area contributed by atoms with E-state index in [4.69, 9.17) is 9.47 Å². The SMILES string of the molecule is CCN1CCN(CCCCNC(=NC)NCc2ccc(C)cc2OCC2CCOC2)CC1. The molecular weight excluding hydrogens is 402 g/mol. The van der Waals surface area contributed by atoms with Gasteiger partial charge < -0.3 is 29.9 Å². The molecule has 2 fully saturated rings. The van der Waals surface area contributed by atoms with Gasteiger partial charge in [0.1, 0.15) is 5.75 Å². The fourth-order valence-electron chi connectivity index (χ4n) is 4.26.